The molecule has 1 aromatic rings. The first-order valence-electron chi connectivity index (χ1n) is 7.37. The minimum absolute atomic E-state index is 0.0199. The van der Waals surface area contributed by atoms with Crippen molar-refractivity contribution in [1.82, 2.24) is 10.2 Å². The molecule has 1 saturated heterocycles. The molecule has 0 atom stereocenters. The van der Waals surface area contributed by atoms with E-state index in [1.165, 1.54) is 6.26 Å². The number of carbonyl (C=O) groups excluding carboxylic acids is 2. The number of hydrogen-bond donors (Lipinski definition) is 2. The summed E-state index contributed by atoms with van der Waals surface area (Å²) in [6.07, 6.45) is 3.26. The predicted molar refractivity (Wildman–Crippen MR) is 77.2 cm³/mol. The fourth-order valence-corrected chi connectivity index (χ4v) is 2.57. The third kappa shape index (κ3) is 4.61. The lowest BCUT2D eigenvalue weighted by Gasteiger charge is -2.31. The molecule has 0 aromatic carbocycles. The van der Waals surface area contributed by atoms with Crippen molar-refractivity contribution < 1.29 is 23.9 Å². The molecule has 0 radical (unpaired) electrons. The molecule has 1 aliphatic heterocycles. The number of hydrogen-bond acceptors (Lipinski definition) is 4. The molecule has 2 heterocycles. The summed E-state index contributed by atoms with van der Waals surface area (Å²) >= 11 is 0. The lowest BCUT2D eigenvalue weighted by molar-refractivity contribution is -0.138. The lowest BCUT2D eigenvalue weighted by Crippen LogP contribution is -2.40. The Morgan fingerprint density at radius 1 is 1.32 bits per heavy atom. The fourth-order valence-electron chi connectivity index (χ4n) is 2.57. The van der Waals surface area contributed by atoms with Gasteiger partial charge in [-0.15, -0.1) is 0 Å². The first-order chi connectivity index (χ1) is 10.6. The van der Waals surface area contributed by atoms with Crippen molar-refractivity contribution >= 4 is 17.8 Å². The molecule has 1 fully saturated rings. The Morgan fingerprint density at radius 3 is 2.64 bits per heavy atom. The molecule has 7 nitrogen and oxygen atoms in total. The zero-order valence-corrected chi connectivity index (χ0v) is 12.3. The van der Waals surface area contributed by atoms with Crippen molar-refractivity contribution in [3.63, 3.8) is 0 Å². The monoisotopic (exact) mass is 308 g/mol. The average Bonchev–Trinajstić information content (AvgIpc) is 3.01. The van der Waals surface area contributed by atoms with E-state index in [1.54, 1.807) is 17.0 Å². The summed E-state index contributed by atoms with van der Waals surface area (Å²) in [6.45, 7) is 1.43. The first-order valence-corrected chi connectivity index (χ1v) is 7.37. The molecule has 22 heavy (non-hydrogen) atoms. The van der Waals surface area contributed by atoms with Crippen LogP contribution in [0.2, 0.25) is 0 Å². The van der Waals surface area contributed by atoms with Crippen molar-refractivity contribution in [2.24, 2.45) is 5.92 Å². The van der Waals surface area contributed by atoms with Crippen LogP contribution in [0.25, 0.3) is 0 Å². The predicted octanol–water partition coefficient (Wildman–Crippen LogP) is 1.11. The number of rotatable bonds is 6. The van der Waals surface area contributed by atoms with E-state index in [-0.39, 0.29) is 42.9 Å². The van der Waals surface area contributed by atoms with Crippen LogP contribution in [0, 0.1) is 5.92 Å². The van der Waals surface area contributed by atoms with Crippen LogP contribution in [0.1, 0.15) is 36.2 Å². The summed E-state index contributed by atoms with van der Waals surface area (Å²) in [4.78, 5) is 36.0. The van der Waals surface area contributed by atoms with Gasteiger partial charge in [0, 0.05) is 32.5 Å². The van der Waals surface area contributed by atoms with Crippen LogP contribution in [0.3, 0.4) is 0 Å². The van der Waals surface area contributed by atoms with E-state index < -0.39 is 5.97 Å². The number of amides is 2. The van der Waals surface area contributed by atoms with Crippen molar-refractivity contribution in [3.8, 4) is 0 Å². The van der Waals surface area contributed by atoms with E-state index in [4.69, 9.17) is 9.52 Å². The second-order valence-electron chi connectivity index (χ2n) is 5.41. The van der Waals surface area contributed by atoms with E-state index in [9.17, 15) is 14.4 Å². The molecule has 2 rings (SSSR count). The highest BCUT2D eigenvalue weighted by Crippen LogP contribution is 2.20. The largest absolute Gasteiger partial charge is 0.481 e. The zero-order valence-electron chi connectivity index (χ0n) is 12.3. The highest BCUT2D eigenvalue weighted by atomic mass is 16.4. The summed E-state index contributed by atoms with van der Waals surface area (Å²) in [6, 6.07) is 3.19. The van der Waals surface area contributed by atoms with Crippen LogP contribution < -0.4 is 5.32 Å². The van der Waals surface area contributed by atoms with Crippen LogP contribution in [0.5, 0.6) is 0 Å². The Balaban J connectivity index is 1.66. The molecule has 1 aromatic heterocycles. The van der Waals surface area contributed by atoms with Gasteiger partial charge in [-0.2, -0.15) is 0 Å². The van der Waals surface area contributed by atoms with Gasteiger partial charge in [0.25, 0.3) is 5.91 Å². The normalized spacial score (nSPS) is 15.5. The lowest BCUT2D eigenvalue weighted by atomic mass is 9.93. The molecule has 2 N–H and O–H groups in total. The third-order valence-electron chi connectivity index (χ3n) is 3.80. The van der Waals surface area contributed by atoms with Gasteiger partial charge < -0.3 is 19.7 Å². The van der Waals surface area contributed by atoms with E-state index in [1.807, 2.05) is 0 Å². The Labute approximate surface area is 128 Å². The quantitative estimate of drug-likeness (QED) is 0.820. The number of nitrogens with zero attached hydrogens (tertiary/aromatic N) is 1. The van der Waals surface area contributed by atoms with Gasteiger partial charge in [-0.1, -0.05) is 0 Å². The van der Waals surface area contributed by atoms with Crippen LogP contribution in [0.15, 0.2) is 22.8 Å². The number of furan rings is 1. The summed E-state index contributed by atoms with van der Waals surface area (Å²) < 4.78 is 4.96. The Bertz CT molecular complexity index is 518. The van der Waals surface area contributed by atoms with Gasteiger partial charge in [0.2, 0.25) is 5.91 Å². The maximum Gasteiger partial charge on any atom is 0.303 e. The first kappa shape index (κ1) is 16.1. The molecule has 0 aliphatic carbocycles. The average molecular weight is 308 g/mol. The van der Waals surface area contributed by atoms with E-state index in [2.05, 4.69) is 5.32 Å². The molecule has 120 valence electrons. The summed E-state index contributed by atoms with van der Waals surface area (Å²) in [5, 5.41) is 11.4. The van der Waals surface area contributed by atoms with E-state index in [0.29, 0.717) is 13.1 Å². The number of carboxylic acids is 1. The highest BCUT2D eigenvalue weighted by molar-refractivity contribution is 5.91. The van der Waals surface area contributed by atoms with Gasteiger partial charge in [0.1, 0.15) is 0 Å². The number of carboxylic acid groups (broad SMARTS) is 1. The second-order valence-corrected chi connectivity index (χ2v) is 5.41. The van der Waals surface area contributed by atoms with Crippen LogP contribution in [-0.4, -0.2) is 47.4 Å². The van der Waals surface area contributed by atoms with Gasteiger partial charge in [-0.05, 0) is 30.9 Å². The standard InChI is InChI=1S/C15H20N2O5/c18-13(3-6-16-15(21)12-2-1-9-22-12)17-7-4-11(5-8-17)10-14(19)20/h1-2,9,11H,3-8,10H2,(H,16,21)(H,19,20). The van der Waals surface area contributed by atoms with Crippen molar-refractivity contribution in [1.29, 1.82) is 0 Å². The van der Waals surface area contributed by atoms with Crippen LogP contribution in [0.4, 0.5) is 0 Å². The van der Waals surface area contributed by atoms with Gasteiger partial charge in [-0.3, -0.25) is 14.4 Å². The maximum atomic E-state index is 12.0. The zero-order chi connectivity index (χ0) is 15.9. The minimum Gasteiger partial charge on any atom is -0.481 e. The molecule has 1 aliphatic rings. The Morgan fingerprint density at radius 2 is 2.05 bits per heavy atom. The van der Waals surface area contributed by atoms with E-state index >= 15 is 0 Å². The molecule has 0 bridgehead atoms. The van der Waals surface area contributed by atoms with Crippen molar-refractivity contribution in [2.45, 2.75) is 25.7 Å². The number of carbonyl (C=O) groups is 3. The smallest absolute Gasteiger partial charge is 0.303 e. The van der Waals surface area contributed by atoms with E-state index in [0.717, 1.165) is 12.8 Å². The number of likely N-dealkylation sites (tertiary alicyclic amines) is 1. The molecule has 2 amide bonds. The second kappa shape index (κ2) is 7.63. The highest BCUT2D eigenvalue weighted by Gasteiger charge is 2.24. The topological polar surface area (TPSA) is 99.9 Å². The third-order valence-corrected chi connectivity index (χ3v) is 3.80. The van der Waals surface area contributed by atoms with Crippen LogP contribution in [-0.2, 0) is 9.59 Å². The van der Waals surface area contributed by atoms with Crippen molar-refractivity contribution in [2.75, 3.05) is 19.6 Å². The van der Waals surface area contributed by atoms with Gasteiger partial charge in [0.15, 0.2) is 5.76 Å². The summed E-state index contributed by atoms with van der Waals surface area (Å²) in [5.41, 5.74) is 0. The van der Waals surface area contributed by atoms with Crippen molar-refractivity contribution in [3.05, 3.63) is 24.2 Å². The SMILES string of the molecule is O=C(O)CC1CCN(C(=O)CCNC(=O)c2ccco2)CC1. The van der Waals surface area contributed by atoms with Crippen LogP contribution >= 0.6 is 0 Å². The van der Waals surface area contributed by atoms with Gasteiger partial charge in [-0.25, -0.2) is 0 Å². The molecule has 0 saturated carbocycles. The number of piperidine rings is 1. The number of aliphatic carboxylic acids is 1. The molecule has 0 spiro atoms. The fraction of sp³-hybridized carbons (Fsp3) is 0.533. The summed E-state index contributed by atoms with van der Waals surface area (Å²) in [5.74, 6) is -0.765. The van der Waals surface area contributed by atoms with Gasteiger partial charge in [0.05, 0.1) is 6.26 Å². The Hall–Kier alpha value is -2.31. The minimum atomic E-state index is -0.787. The molecule has 7 heteroatoms. The molecular formula is C15H20N2O5. The number of nitrogens with one attached hydrogen (secondary N) is 1. The summed E-state index contributed by atoms with van der Waals surface area (Å²) in [7, 11) is 0. The molecular weight excluding hydrogens is 288 g/mol. The van der Waals surface area contributed by atoms with Gasteiger partial charge >= 0.3 is 5.97 Å². The molecule has 0 unspecified atom stereocenters. The Kier molecular flexibility index (Phi) is 5.57. The maximum absolute atomic E-state index is 12.0.